The number of aliphatic hydroxyl groups is 1. The molecule has 1 aromatic carbocycles. The molecule has 5 rings (SSSR count). The molecule has 1 unspecified atom stereocenters. The highest BCUT2D eigenvalue weighted by molar-refractivity contribution is 6.02. The Morgan fingerprint density at radius 1 is 1.19 bits per heavy atom. The number of nitrogens with two attached hydrogens (primary N) is 1. The third kappa shape index (κ3) is 2.60. The molecule has 6 nitrogen and oxygen atoms in total. The smallest absolute Gasteiger partial charge is 0.264 e. The Morgan fingerprint density at radius 3 is 2.85 bits per heavy atom. The van der Waals surface area contributed by atoms with E-state index in [4.69, 9.17) is 10.8 Å². The number of aromatic nitrogens is 1. The molecule has 27 heavy (non-hydrogen) atoms. The van der Waals surface area contributed by atoms with E-state index in [9.17, 15) is 5.11 Å². The zero-order valence-electron chi connectivity index (χ0n) is 15.2. The van der Waals surface area contributed by atoms with Crippen LogP contribution in [-0.2, 0) is 0 Å². The average molecular weight is 362 g/mol. The van der Waals surface area contributed by atoms with Gasteiger partial charge in [-0.25, -0.2) is 0 Å². The summed E-state index contributed by atoms with van der Waals surface area (Å²) < 4.78 is 0.0781. The first-order valence-corrected chi connectivity index (χ1v) is 9.59. The van der Waals surface area contributed by atoms with Gasteiger partial charge in [0.15, 0.2) is 0 Å². The molecule has 2 aromatic rings. The lowest BCUT2D eigenvalue weighted by Crippen LogP contribution is -2.53. The maximum atomic E-state index is 9.44. The molecule has 4 N–H and O–H groups in total. The second-order valence-electron chi connectivity index (χ2n) is 7.74. The molecule has 0 radical (unpaired) electrons. The van der Waals surface area contributed by atoms with E-state index in [1.807, 2.05) is 18.6 Å². The summed E-state index contributed by atoms with van der Waals surface area (Å²) in [4.78, 5) is 12.6. The number of quaternary nitrogens is 1. The minimum absolute atomic E-state index is 0.0781. The monoisotopic (exact) mass is 362 g/mol. The lowest BCUT2D eigenvalue weighted by molar-refractivity contribution is -0.750. The number of nitrogens with zero attached hydrogens (tertiary/aromatic N) is 3. The quantitative estimate of drug-likeness (QED) is 0.578. The Balaban J connectivity index is 1.56. The molecule has 0 spiro atoms. The maximum absolute atomic E-state index is 9.44. The van der Waals surface area contributed by atoms with Gasteiger partial charge in [0.05, 0.1) is 18.0 Å². The van der Waals surface area contributed by atoms with Crippen LogP contribution < -0.4 is 5.84 Å². The lowest BCUT2D eigenvalue weighted by Gasteiger charge is -2.28. The predicted octanol–water partition coefficient (Wildman–Crippen LogP) is 3.18. The molecular formula is C21H24N5O+. The van der Waals surface area contributed by atoms with E-state index in [2.05, 4.69) is 34.2 Å². The van der Waals surface area contributed by atoms with Crippen molar-refractivity contribution in [3.63, 3.8) is 0 Å². The van der Waals surface area contributed by atoms with Crippen LogP contribution >= 0.6 is 0 Å². The summed E-state index contributed by atoms with van der Waals surface area (Å²) in [6, 6.07) is 8.35. The van der Waals surface area contributed by atoms with Crippen molar-refractivity contribution in [2.75, 3.05) is 6.61 Å². The van der Waals surface area contributed by atoms with Gasteiger partial charge in [0.1, 0.15) is 11.9 Å². The number of nitrogens with one attached hydrogen (secondary N) is 1. The van der Waals surface area contributed by atoms with Crippen molar-refractivity contribution in [3.8, 4) is 0 Å². The number of hydrogen-bond donors (Lipinski definition) is 3. The highest BCUT2D eigenvalue weighted by Crippen LogP contribution is 2.41. The molecule has 0 saturated heterocycles. The Labute approximate surface area is 158 Å². The summed E-state index contributed by atoms with van der Waals surface area (Å²) in [5.74, 6) is 8.47. The SMILES string of the molecule is N[N+]12C=CN=CC1=C(C1CCC(CO)CC1)N=C2c1ccc2[nH]ccc2c1. The molecule has 1 saturated carbocycles. The van der Waals surface area contributed by atoms with E-state index in [0.717, 1.165) is 59.4 Å². The highest BCUT2D eigenvalue weighted by Gasteiger charge is 2.46. The van der Waals surface area contributed by atoms with Gasteiger partial charge in [0, 0.05) is 29.6 Å². The van der Waals surface area contributed by atoms with Crippen molar-refractivity contribution in [2.45, 2.75) is 25.7 Å². The fraction of sp³-hybridized carbons (Fsp3) is 0.333. The van der Waals surface area contributed by atoms with E-state index in [1.165, 1.54) is 0 Å². The topological polar surface area (TPSA) is 86.8 Å². The van der Waals surface area contributed by atoms with Crippen molar-refractivity contribution < 1.29 is 9.70 Å². The molecule has 1 aromatic heterocycles. The fourth-order valence-electron chi connectivity index (χ4n) is 4.52. The molecular weight excluding hydrogens is 338 g/mol. The van der Waals surface area contributed by atoms with Gasteiger partial charge in [-0.15, -0.1) is 4.59 Å². The van der Waals surface area contributed by atoms with Crippen LogP contribution in [0.25, 0.3) is 10.9 Å². The normalized spacial score (nSPS) is 30.1. The summed E-state index contributed by atoms with van der Waals surface area (Å²) >= 11 is 0. The summed E-state index contributed by atoms with van der Waals surface area (Å²) in [7, 11) is 0. The van der Waals surface area contributed by atoms with E-state index >= 15 is 0 Å². The fourth-order valence-corrected chi connectivity index (χ4v) is 4.52. The summed E-state index contributed by atoms with van der Waals surface area (Å²) in [6.07, 6.45) is 11.6. The summed E-state index contributed by atoms with van der Waals surface area (Å²) in [6.45, 7) is 0.283. The number of aliphatic imine (C=N–C) groups is 2. The van der Waals surface area contributed by atoms with Crippen molar-refractivity contribution in [2.24, 2.45) is 27.7 Å². The minimum Gasteiger partial charge on any atom is -0.396 e. The number of benzene rings is 1. The first-order valence-electron chi connectivity index (χ1n) is 9.59. The van der Waals surface area contributed by atoms with Gasteiger partial charge in [0.2, 0.25) is 5.70 Å². The Bertz CT molecular complexity index is 1010. The molecule has 1 fully saturated rings. The van der Waals surface area contributed by atoms with E-state index in [1.54, 1.807) is 6.20 Å². The maximum Gasteiger partial charge on any atom is 0.264 e. The zero-order valence-corrected chi connectivity index (χ0v) is 15.2. The Morgan fingerprint density at radius 2 is 2.04 bits per heavy atom. The number of hydrogen-bond acceptors (Lipinski definition) is 4. The van der Waals surface area contributed by atoms with Crippen LogP contribution in [-0.4, -0.2) is 33.3 Å². The Kier molecular flexibility index (Phi) is 3.86. The predicted molar refractivity (Wildman–Crippen MR) is 106 cm³/mol. The molecule has 1 atom stereocenters. The third-order valence-electron chi connectivity index (χ3n) is 6.13. The zero-order chi connectivity index (χ0) is 18.4. The molecule has 1 aliphatic carbocycles. The second-order valence-corrected chi connectivity index (χ2v) is 7.74. The first-order chi connectivity index (χ1) is 13.2. The molecule has 2 aliphatic heterocycles. The molecule has 3 aliphatic rings. The molecule has 0 bridgehead atoms. The molecule has 3 heterocycles. The van der Waals surface area contributed by atoms with Crippen molar-refractivity contribution in [3.05, 3.63) is 59.8 Å². The van der Waals surface area contributed by atoms with Crippen molar-refractivity contribution in [1.29, 1.82) is 0 Å². The second kappa shape index (κ2) is 6.27. The van der Waals surface area contributed by atoms with Crippen LogP contribution in [0.5, 0.6) is 0 Å². The number of rotatable bonds is 3. The number of amidine groups is 1. The van der Waals surface area contributed by atoms with Gasteiger partial charge in [0.25, 0.3) is 5.84 Å². The number of aromatic amines is 1. The Hall–Kier alpha value is -2.54. The number of allylic oxidation sites excluding steroid dienone is 2. The summed E-state index contributed by atoms with van der Waals surface area (Å²) in [5.41, 5.74) is 4.16. The van der Waals surface area contributed by atoms with E-state index in [0.29, 0.717) is 11.8 Å². The van der Waals surface area contributed by atoms with Crippen LogP contribution in [0.4, 0.5) is 0 Å². The largest absolute Gasteiger partial charge is 0.396 e. The van der Waals surface area contributed by atoms with Gasteiger partial charge < -0.3 is 10.1 Å². The molecule has 138 valence electrons. The standard InChI is InChI=1S/C21H24N5O/c22-26-10-9-23-12-19(26)20(15-3-1-14(13-27)2-4-15)25-21(26)17-5-6-18-16(11-17)7-8-24-18/h5-12,14-15,24,27H,1-4,13,22H2/q+1. The number of H-pyrrole nitrogens is 1. The van der Waals surface area contributed by atoms with E-state index < -0.39 is 0 Å². The van der Waals surface area contributed by atoms with Crippen LogP contribution in [0.15, 0.2) is 64.2 Å². The number of fused-ring (bicyclic) bond motifs is 2. The molecule has 6 heteroatoms. The first kappa shape index (κ1) is 16.6. The van der Waals surface area contributed by atoms with Gasteiger partial charge in [-0.1, -0.05) is 0 Å². The van der Waals surface area contributed by atoms with Gasteiger partial charge in [-0.2, -0.15) is 10.8 Å². The lowest BCUT2D eigenvalue weighted by atomic mass is 9.80. The minimum atomic E-state index is 0.0781. The number of aliphatic hydroxyl groups excluding tert-OH is 1. The van der Waals surface area contributed by atoms with Gasteiger partial charge in [-0.3, -0.25) is 4.99 Å². The van der Waals surface area contributed by atoms with Gasteiger partial charge in [-0.05, 0) is 55.9 Å². The van der Waals surface area contributed by atoms with Crippen LogP contribution in [0.2, 0.25) is 0 Å². The van der Waals surface area contributed by atoms with Gasteiger partial charge >= 0.3 is 0 Å². The van der Waals surface area contributed by atoms with Crippen molar-refractivity contribution in [1.82, 2.24) is 4.98 Å². The highest BCUT2D eigenvalue weighted by atomic mass is 16.3. The third-order valence-corrected chi connectivity index (χ3v) is 6.13. The summed E-state index contributed by atoms with van der Waals surface area (Å²) in [5, 5.41) is 10.6. The molecule has 0 amide bonds. The van der Waals surface area contributed by atoms with Crippen LogP contribution in [0, 0.1) is 11.8 Å². The average Bonchev–Trinajstić information content (AvgIpc) is 3.29. The van der Waals surface area contributed by atoms with Crippen LogP contribution in [0.3, 0.4) is 0 Å². The van der Waals surface area contributed by atoms with Crippen molar-refractivity contribution >= 4 is 23.0 Å². The van der Waals surface area contributed by atoms with E-state index in [-0.39, 0.29) is 11.2 Å². The van der Waals surface area contributed by atoms with Crippen LogP contribution in [0.1, 0.15) is 31.2 Å².